The van der Waals surface area contributed by atoms with Gasteiger partial charge in [0.1, 0.15) is 0 Å². The fourth-order valence-electron chi connectivity index (χ4n) is 5.20. The van der Waals surface area contributed by atoms with Crippen molar-refractivity contribution < 1.29 is 8.97 Å². The lowest BCUT2D eigenvalue weighted by Crippen LogP contribution is -2.50. The van der Waals surface area contributed by atoms with Crippen LogP contribution in [0.5, 0.6) is 0 Å². The second-order valence-electron chi connectivity index (χ2n) is 9.55. The van der Waals surface area contributed by atoms with E-state index < -0.39 is 0 Å². The van der Waals surface area contributed by atoms with Gasteiger partial charge in [-0.3, -0.25) is 0 Å². The Kier molecular flexibility index (Phi) is 7.39. The summed E-state index contributed by atoms with van der Waals surface area (Å²) in [7, 11) is 9.44. The molecule has 0 saturated carbocycles. The average molecular weight is 313 g/mol. The van der Waals surface area contributed by atoms with Crippen molar-refractivity contribution >= 4 is 0 Å². The summed E-state index contributed by atoms with van der Waals surface area (Å²) in [5.74, 6) is 3.91. The molecule has 2 fully saturated rings. The van der Waals surface area contributed by atoms with E-state index >= 15 is 0 Å². The van der Waals surface area contributed by atoms with Gasteiger partial charge in [0.15, 0.2) is 0 Å². The molecule has 2 rings (SSSR count). The average Bonchev–Trinajstić information content (AvgIpc) is 2.71. The third-order valence-corrected chi connectivity index (χ3v) is 6.04. The summed E-state index contributed by atoms with van der Waals surface area (Å²) in [6, 6.07) is 0. The van der Waals surface area contributed by atoms with Gasteiger partial charge in [0.2, 0.25) is 0 Å². The second-order valence-corrected chi connectivity index (χ2v) is 9.55. The highest BCUT2D eigenvalue weighted by Crippen LogP contribution is 2.31. The van der Waals surface area contributed by atoms with Crippen LogP contribution in [0.1, 0.15) is 53.4 Å². The van der Waals surface area contributed by atoms with Crippen LogP contribution >= 0.6 is 0 Å². The first-order valence-corrected chi connectivity index (χ1v) is 9.76. The number of hydrogen-bond donors (Lipinski definition) is 0. The molecule has 0 aromatic rings. The van der Waals surface area contributed by atoms with Crippen molar-refractivity contribution in [2.24, 2.45) is 23.7 Å². The Balaban J connectivity index is 0.000000220. The summed E-state index contributed by atoms with van der Waals surface area (Å²) in [4.78, 5) is 0. The molecule has 4 atom stereocenters. The Morgan fingerprint density at radius 1 is 0.682 bits per heavy atom. The maximum absolute atomic E-state index is 2.39. The van der Waals surface area contributed by atoms with E-state index in [-0.39, 0.29) is 0 Å². The molecule has 0 aromatic carbocycles. The van der Waals surface area contributed by atoms with E-state index in [1.165, 1.54) is 60.8 Å². The van der Waals surface area contributed by atoms with Gasteiger partial charge in [-0.1, -0.05) is 27.7 Å². The molecule has 2 aliphatic rings. The van der Waals surface area contributed by atoms with E-state index in [9.17, 15) is 0 Å². The standard InChI is InChI=1S/2C10H22N/c1-5-10-6-9(2)7-11(3,4)8-10;1-5-9-7-11(3,4)8-10(9)6-2/h2*9-10H,5-8H2,1-4H3/q2*+1. The van der Waals surface area contributed by atoms with Crippen LogP contribution in [0.4, 0.5) is 0 Å². The maximum atomic E-state index is 2.39. The zero-order valence-corrected chi connectivity index (χ0v) is 16.9. The van der Waals surface area contributed by atoms with Gasteiger partial charge in [-0.25, -0.2) is 0 Å². The van der Waals surface area contributed by atoms with E-state index in [1.807, 2.05) is 0 Å². The monoisotopic (exact) mass is 312 g/mol. The Labute approximate surface area is 141 Å². The van der Waals surface area contributed by atoms with Crippen molar-refractivity contribution in [1.82, 2.24) is 0 Å². The number of quaternary nitrogens is 2. The Hall–Kier alpha value is -0.0800. The van der Waals surface area contributed by atoms with E-state index in [1.54, 1.807) is 0 Å². The van der Waals surface area contributed by atoms with Gasteiger partial charge >= 0.3 is 0 Å². The molecule has 22 heavy (non-hydrogen) atoms. The largest absolute Gasteiger partial charge is 0.328 e. The van der Waals surface area contributed by atoms with Crippen molar-refractivity contribution in [3.63, 3.8) is 0 Å². The van der Waals surface area contributed by atoms with Gasteiger partial charge in [-0.2, -0.15) is 0 Å². The van der Waals surface area contributed by atoms with E-state index in [2.05, 4.69) is 55.9 Å². The minimum Gasteiger partial charge on any atom is -0.328 e. The van der Waals surface area contributed by atoms with Gasteiger partial charge in [-0.05, 0) is 25.7 Å². The van der Waals surface area contributed by atoms with Crippen molar-refractivity contribution in [1.29, 1.82) is 0 Å². The Bertz CT molecular complexity index is 308. The first-order valence-electron chi connectivity index (χ1n) is 9.76. The predicted molar refractivity (Wildman–Crippen MR) is 98.8 cm³/mol. The van der Waals surface area contributed by atoms with Crippen LogP contribution in [0, 0.1) is 23.7 Å². The summed E-state index contributed by atoms with van der Waals surface area (Å²) < 4.78 is 2.48. The van der Waals surface area contributed by atoms with Crippen LogP contribution < -0.4 is 0 Å². The molecule has 0 aliphatic carbocycles. The normalized spacial score (nSPS) is 36.5. The lowest BCUT2D eigenvalue weighted by atomic mass is 9.88. The molecule has 4 unspecified atom stereocenters. The minimum absolute atomic E-state index is 0.934. The molecule has 2 heteroatoms. The van der Waals surface area contributed by atoms with E-state index in [0.29, 0.717) is 0 Å². The lowest BCUT2D eigenvalue weighted by Gasteiger charge is -2.40. The van der Waals surface area contributed by atoms with Gasteiger partial charge in [0.05, 0.1) is 54.4 Å². The summed E-state index contributed by atoms with van der Waals surface area (Å²) in [5.41, 5.74) is 0. The highest BCUT2D eigenvalue weighted by atomic mass is 15.3. The molecule has 2 nitrogen and oxygen atoms in total. The molecule has 0 N–H and O–H groups in total. The van der Waals surface area contributed by atoms with Gasteiger partial charge in [0, 0.05) is 23.7 Å². The van der Waals surface area contributed by atoms with Gasteiger partial charge < -0.3 is 8.97 Å². The minimum atomic E-state index is 0.934. The molecule has 0 radical (unpaired) electrons. The Morgan fingerprint density at radius 3 is 1.50 bits per heavy atom. The molecule has 0 aromatic heterocycles. The predicted octanol–water partition coefficient (Wildman–Crippen LogP) is 4.26. The first-order chi connectivity index (χ1) is 10.1. The summed E-state index contributed by atoms with van der Waals surface area (Å²) in [5, 5.41) is 0. The van der Waals surface area contributed by atoms with Crippen molar-refractivity contribution in [2.75, 3.05) is 54.4 Å². The molecule has 2 saturated heterocycles. The smallest absolute Gasteiger partial charge is 0.0815 e. The van der Waals surface area contributed by atoms with Gasteiger partial charge in [-0.15, -0.1) is 0 Å². The molecule has 0 spiro atoms. The van der Waals surface area contributed by atoms with E-state index in [0.717, 1.165) is 23.7 Å². The first kappa shape index (κ1) is 20.0. The molecule has 0 bridgehead atoms. The van der Waals surface area contributed by atoms with Crippen molar-refractivity contribution in [2.45, 2.75) is 53.4 Å². The van der Waals surface area contributed by atoms with Crippen LogP contribution in [-0.2, 0) is 0 Å². The van der Waals surface area contributed by atoms with Crippen LogP contribution in [0.2, 0.25) is 0 Å². The topological polar surface area (TPSA) is 0 Å². The molecule has 2 heterocycles. The molecular formula is C20H44N2+2. The van der Waals surface area contributed by atoms with E-state index in [4.69, 9.17) is 0 Å². The van der Waals surface area contributed by atoms with Crippen LogP contribution in [0.15, 0.2) is 0 Å². The molecule has 132 valence electrons. The SMILES string of the molecule is CCC1CC(C)C[N+](C)(C)C1.CCC1C[N+](C)(C)CC1CC. The fraction of sp³-hybridized carbons (Fsp3) is 1.00. The Morgan fingerprint density at radius 2 is 1.14 bits per heavy atom. The van der Waals surface area contributed by atoms with Crippen LogP contribution in [0.25, 0.3) is 0 Å². The quantitative estimate of drug-likeness (QED) is 0.683. The highest BCUT2D eigenvalue weighted by Gasteiger charge is 2.37. The van der Waals surface area contributed by atoms with Crippen molar-refractivity contribution in [3.05, 3.63) is 0 Å². The highest BCUT2D eigenvalue weighted by molar-refractivity contribution is 4.73. The summed E-state index contributed by atoms with van der Waals surface area (Å²) in [6.07, 6.45) is 5.57. The summed E-state index contributed by atoms with van der Waals surface area (Å²) in [6.45, 7) is 14.9. The third-order valence-electron chi connectivity index (χ3n) is 6.04. The maximum Gasteiger partial charge on any atom is 0.0815 e. The summed E-state index contributed by atoms with van der Waals surface area (Å²) >= 11 is 0. The second kappa shape index (κ2) is 8.15. The molecular weight excluding hydrogens is 268 g/mol. The van der Waals surface area contributed by atoms with Gasteiger partial charge in [0.25, 0.3) is 0 Å². The number of nitrogens with zero attached hydrogens (tertiary/aromatic N) is 2. The fourth-order valence-corrected chi connectivity index (χ4v) is 5.20. The van der Waals surface area contributed by atoms with Crippen LogP contribution in [0.3, 0.4) is 0 Å². The lowest BCUT2D eigenvalue weighted by molar-refractivity contribution is -0.902. The molecule has 0 amide bonds. The van der Waals surface area contributed by atoms with Crippen molar-refractivity contribution in [3.8, 4) is 0 Å². The zero-order chi connectivity index (χ0) is 17.0. The number of likely N-dealkylation sites (tertiary alicyclic amines) is 2. The zero-order valence-electron chi connectivity index (χ0n) is 16.9. The van der Waals surface area contributed by atoms with Crippen LogP contribution in [-0.4, -0.2) is 63.3 Å². The third kappa shape index (κ3) is 6.20. The number of hydrogen-bond acceptors (Lipinski definition) is 0. The number of rotatable bonds is 3. The molecule has 2 aliphatic heterocycles. The number of piperidine rings is 1.